The van der Waals surface area contributed by atoms with E-state index >= 15 is 0 Å². The molecule has 0 radical (unpaired) electrons. The number of benzene rings is 1. The quantitative estimate of drug-likeness (QED) is 0.742. The molecule has 0 spiro atoms. The van der Waals surface area contributed by atoms with Crippen molar-refractivity contribution in [2.75, 3.05) is 0 Å². The van der Waals surface area contributed by atoms with Crippen LogP contribution in [0, 0.1) is 0 Å². The van der Waals surface area contributed by atoms with Crippen LogP contribution in [-0.4, -0.2) is 30.7 Å². The molecule has 0 aliphatic rings. The maximum Gasteiger partial charge on any atom is 0.145 e. The smallest absolute Gasteiger partial charge is 0.145 e. The van der Waals surface area contributed by atoms with E-state index in [1.807, 2.05) is 34.9 Å². The van der Waals surface area contributed by atoms with Crippen LogP contribution >= 0.6 is 0 Å². The summed E-state index contributed by atoms with van der Waals surface area (Å²) in [5.41, 5.74) is 8.12. The zero-order valence-electron chi connectivity index (χ0n) is 12.5. The highest BCUT2D eigenvalue weighted by molar-refractivity contribution is 6.28. The number of carbonyl (C=O) groups is 1. The van der Waals surface area contributed by atoms with Gasteiger partial charge in [-0.15, -0.1) is 0 Å². The highest BCUT2D eigenvalue weighted by Gasteiger charge is 2.25. The van der Waals surface area contributed by atoms with Gasteiger partial charge in [-0.25, -0.2) is 4.98 Å². The van der Waals surface area contributed by atoms with Gasteiger partial charge in [0.2, 0.25) is 0 Å². The Bertz CT molecular complexity index is 596. The van der Waals surface area contributed by atoms with Gasteiger partial charge in [0.15, 0.2) is 0 Å². The van der Waals surface area contributed by atoms with Gasteiger partial charge in [0.25, 0.3) is 0 Å². The number of imidazole rings is 1. The molecule has 0 bridgehead atoms. The van der Waals surface area contributed by atoms with Crippen molar-refractivity contribution in [2.45, 2.75) is 31.8 Å². The Morgan fingerprint density at radius 3 is 2.81 bits per heavy atom. The molecule has 0 amide bonds. The Morgan fingerprint density at radius 1 is 1.43 bits per heavy atom. The maximum atomic E-state index is 11.6. The van der Waals surface area contributed by atoms with Gasteiger partial charge in [0.05, 0.1) is 18.1 Å². The predicted octanol–water partition coefficient (Wildman–Crippen LogP) is 0.209. The van der Waals surface area contributed by atoms with Gasteiger partial charge in [-0.2, -0.15) is 0 Å². The number of carbonyl (C=O) groups excluding carboxylic acids is 1. The number of hydrogen-bond donors (Lipinski definition) is 1. The van der Waals surface area contributed by atoms with Crippen molar-refractivity contribution in [3.8, 4) is 0 Å². The minimum atomic E-state index is -0.739. The van der Waals surface area contributed by atoms with Crippen molar-refractivity contribution < 1.29 is 9.53 Å². The van der Waals surface area contributed by atoms with E-state index < -0.39 is 5.16 Å². The molecule has 1 unspecified atom stereocenters. The van der Waals surface area contributed by atoms with Crippen molar-refractivity contribution in [3.05, 3.63) is 54.1 Å². The van der Waals surface area contributed by atoms with E-state index in [0.29, 0.717) is 30.0 Å². The molecule has 0 fully saturated rings. The first-order valence-electron chi connectivity index (χ1n) is 6.89. The molecule has 0 aliphatic heterocycles. The molecule has 6 heteroatoms. The first kappa shape index (κ1) is 15.6. The average Bonchev–Trinajstić information content (AvgIpc) is 2.86. The number of nitrogens with zero attached hydrogens (tertiary/aromatic N) is 2. The van der Waals surface area contributed by atoms with Gasteiger partial charge in [-0.1, -0.05) is 30.3 Å². The Labute approximate surface area is 127 Å². The highest BCUT2D eigenvalue weighted by Crippen LogP contribution is 2.10. The molecule has 112 valence electrons. The second kappa shape index (κ2) is 6.80. The van der Waals surface area contributed by atoms with E-state index in [4.69, 9.17) is 10.5 Å². The molecule has 1 atom stereocenters. The second-order valence-corrected chi connectivity index (χ2v) is 7.25. The third-order valence-electron chi connectivity index (χ3n) is 3.49. The molecule has 0 saturated heterocycles. The van der Waals surface area contributed by atoms with E-state index in [1.165, 1.54) is 0 Å². The minimum Gasteiger partial charge on any atom is -0.356 e. The lowest BCUT2D eigenvalue weighted by molar-refractivity contribution is -0.119. The van der Waals surface area contributed by atoms with Crippen molar-refractivity contribution in [3.63, 3.8) is 0 Å². The Morgan fingerprint density at radius 2 is 2.14 bits per heavy atom. The summed E-state index contributed by atoms with van der Waals surface area (Å²) in [6, 6.07) is 9.99. The standard InChI is InChI=1S/C15H21N3O2Si/c1-12(19)15(16,21)7-14-8-17-10-18(14)11-20-9-13-5-3-2-4-6-13/h2-6,8,10H,7,9,11,16H2,1,21H3. The van der Waals surface area contributed by atoms with Crippen LogP contribution in [0.2, 0.25) is 0 Å². The highest BCUT2D eigenvalue weighted by atomic mass is 28.1. The molecular formula is C15H21N3O2Si. The fraction of sp³-hybridized carbons (Fsp3) is 0.333. The number of nitrogens with two attached hydrogens (primary N) is 1. The van der Waals surface area contributed by atoms with E-state index in [1.54, 1.807) is 19.4 Å². The number of ketones is 1. The van der Waals surface area contributed by atoms with Crippen LogP contribution in [0.15, 0.2) is 42.9 Å². The van der Waals surface area contributed by atoms with Gasteiger partial charge in [0, 0.05) is 28.6 Å². The number of rotatable bonds is 7. The van der Waals surface area contributed by atoms with Gasteiger partial charge >= 0.3 is 0 Å². The molecule has 1 aromatic heterocycles. The average molecular weight is 303 g/mol. The third-order valence-corrected chi connectivity index (χ3v) is 4.55. The Balaban J connectivity index is 1.93. The number of ether oxygens (including phenoxy) is 1. The second-order valence-electron chi connectivity index (χ2n) is 5.47. The zero-order valence-corrected chi connectivity index (χ0v) is 14.5. The predicted molar refractivity (Wildman–Crippen MR) is 84.7 cm³/mol. The maximum absolute atomic E-state index is 11.6. The largest absolute Gasteiger partial charge is 0.356 e. The van der Waals surface area contributed by atoms with Gasteiger partial charge < -0.3 is 15.0 Å². The monoisotopic (exact) mass is 303 g/mol. The van der Waals surface area contributed by atoms with Crippen molar-refractivity contribution in [2.24, 2.45) is 5.73 Å². The van der Waals surface area contributed by atoms with E-state index in [2.05, 4.69) is 4.98 Å². The summed E-state index contributed by atoms with van der Waals surface area (Å²) in [5.74, 6) is 0.0205. The van der Waals surface area contributed by atoms with Crippen LogP contribution in [0.1, 0.15) is 18.2 Å². The van der Waals surface area contributed by atoms with E-state index in [9.17, 15) is 4.79 Å². The first-order chi connectivity index (χ1) is 9.99. The molecule has 2 rings (SSSR count). The normalized spacial score (nSPS) is 14.0. The topological polar surface area (TPSA) is 70.1 Å². The number of Topliss-reactive ketones (excluding diaryl/α,β-unsaturated/α-hetero) is 1. The van der Waals surface area contributed by atoms with Gasteiger partial charge in [0.1, 0.15) is 12.5 Å². The Kier molecular flexibility index (Phi) is 5.06. The lowest BCUT2D eigenvalue weighted by Crippen LogP contribution is -2.49. The van der Waals surface area contributed by atoms with Crippen molar-refractivity contribution in [1.82, 2.24) is 9.55 Å². The van der Waals surface area contributed by atoms with Crippen molar-refractivity contribution in [1.29, 1.82) is 0 Å². The van der Waals surface area contributed by atoms with Crippen LogP contribution in [0.4, 0.5) is 0 Å². The van der Waals surface area contributed by atoms with E-state index in [-0.39, 0.29) is 5.78 Å². The minimum absolute atomic E-state index is 0.0205. The number of hydrogen-bond acceptors (Lipinski definition) is 4. The summed E-state index contributed by atoms with van der Waals surface area (Å²) < 4.78 is 7.58. The van der Waals surface area contributed by atoms with Crippen LogP contribution in [0.5, 0.6) is 0 Å². The fourth-order valence-electron chi connectivity index (χ4n) is 1.95. The summed E-state index contributed by atoms with van der Waals surface area (Å²) in [5, 5.41) is -0.739. The van der Waals surface area contributed by atoms with E-state index in [0.717, 1.165) is 11.3 Å². The van der Waals surface area contributed by atoms with Crippen LogP contribution < -0.4 is 5.73 Å². The first-order valence-corrected chi connectivity index (χ1v) is 7.89. The molecule has 0 saturated carbocycles. The third kappa shape index (κ3) is 4.35. The zero-order chi connectivity index (χ0) is 15.3. The molecule has 1 heterocycles. The summed E-state index contributed by atoms with van der Waals surface area (Å²) in [4.78, 5) is 15.7. The van der Waals surface area contributed by atoms with Crippen LogP contribution in [-0.2, 0) is 29.3 Å². The van der Waals surface area contributed by atoms with Gasteiger partial charge in [-0.05, 0) is 12.5 Å². The lowest BCUT2D eigenvalue weighted by atomic mass is 10.1. The molecular weight excluding hydrogens is 282 g/mol. The van der Waals surface area contributed by atoms with Gasteiger partial charge in [-0.3, -0.25) is 4.79 Å². The summed E-state index contributed by atoms with van der Waals surface area (Å²) in [6.45, 7) is 2.49. The number of aromatic nitrogens is 2. The summed E-state index contributed by atoms with van der Waals surface area (Å²) in [7, 11) is 0.608. The molecule has 2 N–H and O–H groups in total. The van der Waals surface area contributed by atoms with Crippen LogP contribution in [0.3, 0.4) is 0 Å². The summed E-state index contributed by atoms with van der Waals surface area (Å²) >= 11 is 0. The SMILES string of the molecule is CC(=O)C(N)([SiH3])Cc1cncn1COCc1ccccc1. The molecule has 2 aromatic rings. The molecule has 1 aromatic carbocycles. The summed E-state index contributed by atoms with van der Waals surface area (Å²) in [6.07, 6.45) is 3.95. The lowest BCUT2D eigenvalue weighted by Gasteiger charge is -2.21. The fourth-order valence-corrected chi connectivity index (χ4v) is 2.31. The van der Waals surface area contributed by atoms with Crippen molar-refractivity contribution >= 4 is 16.0 Å². The Hall–Kier alpha value is -1.76. The van der Waals surface area contributed by atoms with Crippen LogP contribution in [0.25, 0.3) is 0 Å². The molecule has 5 nitrogen and oxygen atoms in total. The molecule has 21 heavy (non-hydrogen) atoms. The molecule has 0 aliphatic carbocycles.